The van der Waals surface area contributed by atoms with Crippen molar-refractivity contribution in [3.63, 3.8) is 0 Å². The average molecular weight is 224 g/mol. The second kappa shape index (κ2) is 6.66. The molecular weight excluding hydrogens is 200 g/mol. The number of nitrogens with zero attached hydrogens (tertiary/aromatic N) is 2. The van der Waals surface area contributed by atoms with E-state index in [0.29, 0.717) is 12.5 Å². The summed E-state index contributed by atoms with van der Waals surface area (Å²) in [7, 11) is 0. The van der Waals surface area contributed by atoms with Crippen LogP contribution in [-0.4, -0.2) is 22.9 Å². The monoisotopic (exact) mass is 224 g/mol. The molecule has 4 heteroatoms. The first kappa shape index (κ1) is 13.2. The molecule has 0 bridgehead atoms. The predicted octanol–water partition coefficient (Wildman–Crippen LogP) is 1.54. The van der Waals surface area contributed by atoms with Crippen LogP contribution in [0.25, 0.3) is 0 Å². The van der Waals surface area contributed by atoms with Gasteiger partial charge in [-0.1, -0.05) is 20.8 Å². The molecule has 4 nitrogen and oxygen atoms in total. The van der Waals surface area contributed by atoms with Gasteiger partial charge in [-0.25, -0.2) is 0 Å². The maximum atomic E-state index is 5.77. The fourth-order valence-electron chi connectivity index (χ4n) is 1.63. The van der Waals surface area contributed by atoms with Crippen molar-refractivity contribution in [1.82, 2.24) is 15.1 Å². The topological polar surface area (TPSA) is 55.9 Å². The minimum Gasteiger partial charge on any atom is -0.329 e. The summed E-state index contributed by atoms with van der Waals surface area (Å²) in [6.45, 7) is 9.12. The Morgan fingerprint density at radius 3 is 2.81 bits per heavy atom. The quantitative estimate of drug-likeness (QED) is 0.738. The van der Waals surface area contributed by atoms with Crippen LogP contribution in [0.15, 0.2) is 12.4 Å². The number of rotatable bonds is 7. The normalized spacial score (nSPS) is 13.3. The number of nitrogens with one attached hydrogen (secondary N) is 1. The summed E-state index contributed by atoms with van der Waals surface area (Å²) < 4.78 is 1.98. The maximum Gasteiger partial charge on any atom is 0.0538 e. The highest BCUT2D eigenvalue weighted by atomic mass is 15.3. The fourth-order valence-corrected chi connectivity index (χ4v) is 1.63. The van der Waals surface area contributed by atoms with Gasteiger partial charge in [0, 0.05) is 30.9 Å². The SMILES string of the molecule is CCCn1cc(C(CN)NCC(C)C)cn1. The lowest BCUT2D eigenvalue weighted by atomic mass is 10.1. The molecule has 0 aromatic carbocycles. The Labute approximate surface area is 98.2 Å². The highest BCUT2D eigenvalue weighted by molar-refractivity contribution is 5.10. The zero-order chi connectivity index (χ0) is 12.0. The molecule has 0 spiro atoms. The molecular formula is C12H24N4. The third kappa shape index (κ3) is 3.94. The smallest absolute Gasteiger partial charge is 0.0538 e. The van der Waals surface area contributed by atoms with Crippen molar-refractivity contribution in [3.8, 4) is 0 Å². The Bertz CT molecular complexity index is 293. The number of aromatic nitrogens is 2. The van der Waals surface area contributed by atoms with Crippen molar-refractivity contribution in [1.29, 1.82) is 0 Å². The van der Waals surface area contributed by atoms with E-state index in [1.54, 1.807) is 0 Å². The van der Waals surface area contributed by atoms with Gasteiger partial charge in [0.2, 0.25) is 0 Å². The van der Waals surface area contributed by atoms with Crippen LogP contribution in [0.5, 0.6) is 0 Å². The lowest BCUT2D eigenvalue weighted by Crippen LogP contribution is -2.30. The van der Waals surface area contributed by atoms with Gasteiger partial charge in [-0.2, -0.15) is 5.10 Å². The van der Waals surface area contributed by atoms with Crippen LogP contribution in [0.4, 0.5) is 0 Å². The molecule has 1 aromatic rings. The van der Waals surface area contributed by atoms with Gasteiger partial charge in [-0.05, 0) is 18.9 Å². The van der Waals surface area contributed by atoms with Crippen molar-refractivity contribution in [3.05, 3.63) is 18.0 Å². The van der Waals surface area contributed by atoms with Crippen molar-refractivity contribution < 1.29 is 0 Å². The van der Waals surface area contributed by atoms with Gasteiger partial charge in [-0.3, -0.25) is 4.68 Å². The maximum absolute atomic E-state index is 5.77. The Balaban J connectivity index is 2.56. The van der Waals surface area contributed by atoms with Crippen LogP contribution >= 0.6 is 0 Å². The van der Waals surface area contributed by atoms with Crippen molar-refractivity contribution >= 4 is 0 Å². The molecule has 0 aliphatic rings. The fraction of sp³-hybridized carbons (Fsp3) is 0.750. The van der Waals surface area contributed by atoms with E-state index in [2.05, 4.69) is 37.4 Å². The molecule has 1 heterocycles. The summed E-state index contributed by atoms with van der Waals surface area (Å²) in [5.41, 5.74) is 6.97. The summed E-state index contributed by atoms with van der Waals surface area (Å²) in [6.07, 6.45) is 5.11. The first-order chi connectivity index (χ1) is 7.67. The van der Waals surface area contributed by atoms with Crippen LogP contribution in [0.1, 0.15) is 38.8 Å². The summed E-state index contributed by atoms with van der Waals surface area (Å²) in [6, 6.07) is 0.230. The second-order valence-corrected chi connectivity index (χ2v) is 4.63. The standard InChI is InChI=1S/C12H24N4/c1-4-5-16-9-11(8-15-16)12(6-13)14-7-10(2)3/h8-10,12,14H,4-7,13H2,1-3H3. The van der Waals surface area contributed by atoms with Crippen molar-refractivity contribution in [2.75, 3.05) is 13.1 Å². The number of nitrogens with two attached hydrogens (primary N) is 1. The molecule has 0 radical (unpaired) electrons. The average Bonchev–Trinajstić information content (AvgIpc) is 2.68. The molecule has 1 rings (SSSR count). The lowest BCUT2D eigenvalue weighted by Gasteiger charge is -2.16. The van der Waals surface area contributed by atoms with Gasteiger partial charge in [0.25, 0.3) is 0 Å². The number of hydrogen-bond acceptors (Lipinski definition) is 3. The van der Waals surface area contributed by atoms with Gasteiger partial charge < -0.3 is 11.1 Å². The largest absolute Gasteiger partial charge is 0.329 e. The van der Waals surface area contributed by atoms with Gasteiger partial charge in [0.15, 0.2) is 0 Å². The minimum absolute atomic E-state index is 0.230. The van der Waals surface area contributed by atoms with Crippen molar-refractivity contribution in [2.45, 2.75) is 39.8 Å². The Morgan fingerprint density at radius 2 is 2.25 bits per heavy atom. The zero-order valence-electron chi connectivity index (χ0n) is 10.6. The van der Waals surface area contributed by atoms with Crippen LogP contribution < -0.4 is 11.1 Å². The molecule has 1 unspecified atom stereocenters. The highest BCUT2D eigenvalue weighted by Crippen LogP contribution is 2.11. The van der Waals surface area contributed by atoms with E-state index in [9.17, 15) is 0 Å². The molecule has 0 aliphatic heterocycles. The first-order valence-electron chi connectivity index (χ1n) is 6.13. The van der Waals surface area contributed by atoms with Crippen LogP contribution in [-0.2, 0) is 6.54 Å². The first-order valence-corrected chi connectivity index (χ1v) is 6.13. The molecule has 16 heavy (non-hydrogen) atoms. The van der Waals surface area contributed by atoms with E-state index in [-0.39, 0.29) is 6.04 Å². The molecule has 0 saturated heterocycles. The molecule has 3 N–H and O–H groups in total. The van der Waals surface area contributed by atoms with Gasteiger partial charge >= 0.3 is 0 Å². The summed E-state index contributed by atoms with van der Waals surface area (Å²) in [5, 5.41) is 7.79. The predicted molar refractivity (Wildman–Crippen MR) is 67.2 cm³/mol. The number of hydrogen-bond donors (Lipinski definition) is 2. The third-order valence-corrected chi connectivity index (χ3v) is 2.52. The van der Waals surface area contributed by atoms with Gasteiger partial charge in [0.05, 0.1) is 6.20 Å². The van der Waals surface area contributed by atoms with Crippen LogP contribution in [0.3, 0.4) is 0 Å². The molecule has 0 fully saturated rings. The zero-order valence-corrected chi connectivity index (χ0v) is 10.6. The van der Waals surface area contributed by atoms with Crippen molar-refractivity contribution in [2.24, 2.45) is 11.7 Å². The van der Waals surface area contributed by atoms with Crippen LogP contribution in [0, 0.1) is 5.92 Å². The number of aryl methyl sites for hydroxylation is 1. The van der Waals surface area contributed by atoms with Crippen LogP contribution in [0.2, 0.25) is 0 Å². The second-order valence-electron chi connectivity index (χ2n) is 4.63. The third-order valence-electron chi connectivity index (χ3n) is 2.52. The Hall–Kier alpha value is -0.870. The Morgan fingerprint density at radius 1 is 1.50 bits per heavy atom. The molecule has 0 amide bonds. The van der Waals surface area contributed by atoms with Gasteiger partial charge in [0.1, 0.15) is 0 Å². The molecule has 0 saturated carbocycles. The Kier molecular flexibility index (Phi) is 5.49. The molecule has 92 valence electrons. The van der Waals surface area contributed by atoms with Gasteiger partial charge in [-0.15, -0.1) is 0 Å². The van der Waals surface area contributed by atoms with E-state index < -0.39 is 0 Å². The van der Waals surface area contributed by atoms with E-state index in [1.807, 2.05) is 10.9 Å². The molecule has 0 aliphatic carbocycles. The summed E-state index contributed by atoms with van der Waals surface area (Å²) >= 11 is 0. The molecule has 1 atom stereocenters. The molecule has 1 aromatic heterocycles. The minimum atomic E-state index is 0.230. The summed E-state index contributed by atoms with van der Waals surface area (Å²) in [5.74, 6) is 0.639. The highest BCUT2D eigenvalue weighted by Gasteiger charge is 2.11. The van der Waals surface area contributed by atoms with E-state index in [4.69, 9.17) is 5.73 Å². The van der Waals surface area contributed by atoms with E-state index >= 15 is 0 Å². The lowest BCUT2D eigenvalue weighted by molar-refractivity contribution is 0.478. The van der Waals surface area contributed by atoms with E-state index in [0.717, 1.165) is 19.5 Å². The summed E-state index contributed by atoms with van der Waals surface area (Å²) in [4.78, 5) is 0. The van der Waals surface area contributed by atoms with E-state index in [1.165, 1.54) is 5.56 Å².